The number of carbonyl (C=O) groups excluding carboxylic acids is 2. The summed E-state index contributed by atoms with van der Waals surface area (Å²) in [4.78, 5) is 23.4. The molecule has 0 fully saturated rings. The van der Waals surface area contributed by atoms with Crippen LogP contribution in [-0.2, 0) is 15.2 Å². The fourth-order valence-electron chi connectivity index (χ4n) is 2.44. The molecular weight excluding hydrogens is 356 g/mol. The van der Waals surface area contributed by atoms with E-state index in [0.29, 0.717) is 22.6 Å². The van der Waals surface area contributed by atoms with Gasteiger partial charge in [0.2, 0.25) is 0 Å². The van der Waals surface area contributed by atoms with Crippen molar-refractivity contribution >= 4 is 11.9 Å². The predicted molar refractivity (Wildman–Crippen MR) is 108 cm³/mol. The minimum Gasteiger partial charge on any atom is -0.423 e. The van der Waals surface area contributed by atoms with E-state index in [9.17, 15) is 14.7 Å². The molecule has 0 aliphatic rings. The average molecular weight is 380 g/mol. The normalized spacial score (nSPS) is 10.9. The van der Waals surface area contributed by atoms with E-state index in [2.05, 4.69) is 13.2 Å². The Balaban J connectivity index is 2.39. The van der Waals surface area contributed by atoms with E-state index in [-0.39, 0.29) is 5.57 Å². The van der Waals surface area contributed by atoms with Gasteiger partial charge in [0, 0.05) is 11.1 Å². The minimum absolute atomic E-state index is 0.286. The number of hydrogen-bond acceptors (Lipinski definition) is 5. The third-order valence-electron chi connectivity index (χ3n) is 3.93. The van der Waals surface area contributed by atoms with Gasteiger partial charge in [-0.15, -0.1) is 0 Å². The van der Waals surface area contributed by atoms with E-state index >= 15 is 0 Å². The first-order chi connectivity index (χ1) is 13.0. The maximum Gasteiger partial charge on any atom is 0.338 e. The highest BCUT2D eigenvalue weighted by molar-refractivity contribution is 5.89. The number of rotatable bonds is 6. The van der Waals surface area contributed by atoms with Gasteiger partial charge in [0.25, 0.3) is 0 Å². The lowest BCUT2D eigenvalue weighted by Gasteiger charge is -2.23. The molecule has 0 atom stereocenters. The van der Waals surface area contributed by atoms with E-state index in [1.54, 1.807) is 70.2 Å². The second-order valence-corrected chi connectivity index (χ2v) is 7.13. The Hall–Kier alpha value is -3.18. The summed E-state index contributed by atoms with van der Waals surface area (Å²) >= 11 is 0. The quantitative estimate of drug-likeness (QED) is 0.452. The molecule has 0 spiro atoms. The number of hydrogen-bond donors (Lipinski definition) is 1. The molecule has 0 radical (unpaired) electrons. The molecule has 0 aromatic heterocycles. The molecule has 5 heteroatoms. The molecule has 0 unspecified atom stereocenters. The first-order valence-corrected chi connectivity index (χ1v) is 8.71. The van der Waals surface area contributed by atoms with Crippen LogP contribution in [0.5, 0.6) is 11.5 Å². The fraction of sp³-hybridized carbons (Fsp3) is 0.217. The molecule has 1 N–H and O–H groups in total. The van der Waals surface area contributed by atoms with Crippen molar-refractivity contribution in [2.24, 2.45) is 0 Å². The van der Waals surface area contributed by atoms with Gasteiger partial charge in [-0.1, -0.05) is 31.4 Å². The maximum atomic E-state index is 11.8. The van der Waals surface area contributed by atoms with Crippen LogP contribution in [0.15, 0.2) is 66.8 Å². The Morgan fingerprint density at radius 3 is 1.79 bits per heavy atom. The highest BCUT2D eigenvalue weighted by atomic mass is 16.5. The lowest BCUT2D eigenvalue weighted by Crippen LogP contribution is -2.17. The van der Waals surface area contributed by atoms with Crippen molar-refractivity contribution in [2.75, 3.05) is 0 Å². The summed E-state index contributed by atoms with van der Waals surface area (Å²) in [6.45, 7) is 13.6. The summed E-state index contributed by atoms with van der Waals surface area (Å²) < 4.78 is 10.5. The molecule has 5 nitrogen and oxygen atoms in total. The second kappa shape index (κ2) is 8.23. The van der Waals surface area contributed by atoms with Crippen LogP contribution in [0, 0.1) is 0 Å². The highest BCUT2D eigenvalue weighted by Crippen LogP contribution is 2.35. The summed E-state index contributed by atoms with van der Waals surface area (Å²) in [5, 5.41) is 10.6. The molecule has 0 aliphatic carbocycles. The Morgan fingerprint density at radius 2 is 1.32 bits per heavy atom. The van der Waals surface area contributed by atoms with Crippen molar-refractivity contribution in [3.8, 4) is 22.6 Å². The van der Waals surface area contributed by atoms with Crippen LogP contribution in [0.4, 0.5) is 0 Å². The zero-order chi connectivity index (χ0) is 21.1. The molecule has 0 amide bonds. The molecule has 0 saturated heterocycles. The van der Waals surface area contributed by atoms with E-state index < -0.39 is 17.5 Å². The van der Waals surface area contributed by atoms with Crippen molar-refractivity contribution in [1.29, 1.82) is 0 Å². The predicted octanol–water partition coefficient (Wildman–Crippen LogP) is 4.54. The van der Waals surface area contributed by atoms with Gasteiger partial charge < -0.3 is 14.6 Å². The van der Waals surface area contributed by atoms with Crippen molar-refractivity contribution < 1.29 is 24.2 Å². The van der Waals surface area contributed by atoms with Gasteiger partial charge in [-0.05, 0) is 68.7 Å². The van der Waals surface area contributed by atoms with Gasteiger partial charge in [0.05, 0.1) is 5.60 Å². The SMILES string of the molecule is C=C(C)C(=O)Oc1ccc(-c2ccc(OC(=O)C(=C)C)cc2C(C)(C)O)cc1. The molecule has 2 aromatic rings. The number of benzene rings is 2. The Labute approximate surface area is 164 Å². The van der Waals surface area contributed by atoms with Crippen molar-refractivity contribution in [3.05, 3.63) is 72.3 Å². The van der Waals surface area contributed by atoms with E-state index in [1.807, 2.05) is 0 Å². The molecule has 0 heterocycles. The smallest absolute Gasteiger partial charge is 0.338 e. The van der Waals surface area contributed by atoms with E-state index in [1.165, 1.54) is 0 Å². The Kier molecular flexibility index (Phi) is 6.21. The number of esters is 2. The maximum absolute atomic E-state index is 11.8. The summed E-state index contributed by atoms with van der Waals surface area (Å²) in [7, 11) is 0. The number of ether oxygens (including phenoxy) is 2. The van der Waals surface area contributed by atoms with E-state index in [4.69, 9.17) is 9.47 Å². The zero-order valence-electron chi connectivity index (χ0n) is 16.5. The van der Waals surface area contributed by atoms with Gasteiger partial charge in [-0.2, -0.15) is 0 Å². The molecule has 0 aliphatic heterocycles. The van der Waals surface area contributed by atoms with Gasteiger partial charge in [-0.25, -0.2) is 9.59 Å². The Bertz CT molecular complexity index is 930. The summed E-state index contributed by atoms with van der Waals surface area (Å²) in [6, 6.07) is 11.9. The van der Waals surface area contributed by atoms with Crippen LogP contribution in [0.3, 0.4) is 0 Å². The first-order valence-electron chi connectivity index (χ1n) is 8.71. The number of aliphatic hydroxyl groups is 1. The second-order valence-electron chi connectivity index (χ2n) is 7.13. The van der Waals surface area contributed by atoms with Crippen molar-refractivity contribution in [2.45, 2.75) is 33.3 Å². The van der Waals surface area contributed by atoms with Crippen LogP contribution < -0.4 is 9.47 Å². The molecule has 28 heavy (non-hydrogen) atoms. The van der Waals surface area contributed by atoms with Gasteiger partial charge in [0.1, 0.15) is 11.5 Å². The van der Waals surface area contributed by atoms with Gasteiger partial charge in [0.15, 0.2) is 0 Å². The topological polar surface area (TPSA) is 72.8 Å². The Morgan fingerprint density at radius 1 is 0.857 bits per heavy atom. The van der Waals surface area contributed by atoms with Crippen LogP contribution >= 0.6 is 0 Å². The number of carbonyl (C=O) groups is 2. The van der Waals surface area contributed by atoms with Gasteiger partial charge >= 0.3 is 11.9 Å². The molecule has 0 saturated carbocycles. The third-order valence-corrected chi connectivity index (χ3v) is 3.93. The fourth-order valence-corrected chi connectivity index (χ4v) is 2.44. The summed E-state index contributed by atoms with van der Waals surface area (Å²) in [5.41, 5.74) is 1.59. The van der Waals surface area contributed by atoms with Crippen LogP contribution in [0.2, 0.25) is 0 Å². The molecular formula is C23H24O5. The average Bonchev–Trinajstić information content (AvgIpc) is 2.61. The molecule has 146 valence electrons. The lowest BCUT2D eigenvalue weighted by molar-refractivity contribution is -0.130. The largest absolute Gasteiger partial charge is 0.423 e. The first kappa shape index (κ1) is 21.1. The van der Waals surface area contributed by atoms with Gasteiger partial charge in [-0.3, -0.25) is 0 Å². The molecule has 0 bridgehead atoms. The van der Waals surface area contributed by atoms with Crippen LogP contribution in [0.1, 0.15) is 33.3 Å². The highest BCUT2D eigenvalue weighted by Gasteiger charge is 2.22. The minimum atomic E-state index is -1.17. The third kappa shape index (κ3) is 5.18. The van der Waals surface area contributed by atoms with Crippen LogP contribution in [-0.4, -0.2) is 17.0 Å². The zero-order valence-corrected chi connectivity index (χ0v) is 16.5. The summed E-state index contributed by atoms with van der Waals surface area (Å²) in [6.07, 6.45) is 0. The lowest BCUT2D eigenvalue weighted by atomic mass is 9.89. The van der Waals surface area contributed by atoms with E-state index in [0.717, 1.165) is 11.1 Å². The van der Waals surface area contributed by atoms with Crippen molar-refractivity contribution in [3.63, 3.8) is 0 Å². The monoisotopic (exact) mass is 380 g/mol. The molecule has 2 rings (SSSR count). The van der Waals surface area contributed by atoms with Crippen molar-refractivity contribution in [1.82, 2.24) is 0 Å². The molecule has 2 aromatic carbocycles. The summed E-state index contributed by atoms with van der Waals surface area (Å²) in [5.74, 6) is -0.304. The van der Waals surface area contributed by atoms with Crippen LogP contribution in [0.25, 0.3) is 11.1 Å². The standard InChI is InChI=1S/C23H24O5/c1-14(2)21(24)27-17-9-7-16(8-10-17)19-12-11-18(28-22(25)15(3)4)13-20(19)23(5,6)26/h7-13,26H,1,3H2,2,4-6H3.